The number of nitrogens with zero attached hydrogens (tertiary/aromatic N) is 1. The van der Waals surface area contributed by atoms with E-state index in [0.717, 1.165) is 6.42 Å². The number of aromatic amines is 1. The van der Waals surface area contributed by atoms with Crippen LogP contribution in [0.15, 0.2) is 0 Å². The first kappa shape index (κ1) is 11.5. The molecule has 3 N–H and O–H groups in total. The molecule has 1 aliphatic carbocycles. The number of hydrogen-bond acceptors (Lipinski definition) is 2. The van der Waals surface area contributed by atoms with E-state index in [9.17, 15) is 0 Å². The summed E-state index contributed by atoms with van der Waals surface area (Å²) in [7, 11) is 0. The lowest BCUT2D eigenvalue weighted by atomic mass is 9.87. The second-order valence-electron chi connectivity index (χ2n) is 4.90. The van der Waals surface area contributed by atoms with E-state index in [4.69, 9.17) is 5.73 Å². The molecule has 1 fully saturated rings. The van der Waals surface area contributed by atoms with Crippen LogP contribution in [0.5, 0.6) is 0 Å². The lowest BCUT2D eigenvalue weighted by molar-refractivity contribution is 0.447. The fourth-order valence-electron chi connectivity index (χ4n) is 2.85. The van der Waals surface area contributed by atoms with Crippen molar-refractivity contribution in [1.29, 1.82) is 0 Å². The summed E-state index contributed by atoms with van der Waals surface area (Å²) in [5, 5.41) is 7.34. The molecule has 90 valence electrons. The Balaban J connectivity index is 2.13. The van der Waals surface area contributed by atoms with E-state index in [1.165, 1.54) is 56.2 Å². The molecule has 1 aromatic heterocycles. The van der Waals surface area contributed by atoms with Gasteiger partial charge < -0.3 is 5.73 Å². The number of nitrogens with two attached hydrogens (primary N) is 1. The van der Waals surface area contributed by atoms with E-state index in [2.05, 4.69) is 17.1 Å². The Labute approximate surface area is 97.8 Å². The summed E-state index contributed by atoms with van der Waals surface area (Å²) in [6.45, 7) is 2.16. The predicted octanol–water partition coefficient (Wildman–Crippen LogP) is 3.38. The third-order valence-electron chi connectivity index (χ3n) is 3.80. The van der Waals surface area contributed by atoms with Crippen molar-refractivity contribution in [3.63, 3.8) is 0 Å². The number of nitrogen functional groups attached to an aromatic ring is 1. The molecule has 0 atom stereocenters. The summed E-state index contributed by atoms with van der Waals surface area (Å²) in [5.41, 5.74) is 8.46. The Morgan fingerprint density at radius 3 is 2.44 bits per heavy atom. The van der Waals surface area contributed by atoms with Gasteiger partial charge in [0.25, 0.3) is 0 Å². The van der Waals surface area contributed by atoms with Crippen LogP contribution in [0.1, 0.15) is 69.0 Å². The number of hydrogen-bond donors (Lipinski definition) is 2. The third-order valence-corrected chi connectivity index (χ3v) is 3.80. The molecule has 2 rings (SSSR count). The maximum absolute atomic E-state index is 5.89. The van der Waals surface area contributed by atoms with Gasteiger partial charge in [0, 0.05) is 17.2 Å². The first-order chi connectivity index (χ1) is 7.83. The summed E-state index contributed by atoms with van der Waals surface area (Å²) in [6, 6.07) is 0. The fraction of sp³-hybridized carbons (Fsp3) is 0.769. The second kappa shape index (κ2) is 5.37. The largest absolute Gasteiger partial charge is 0.382 e. The lowest BCUT2D eigenvalue weighted by Crippen LogP contribution is -2.05. The maximum atomic E-state index is 5.89. The fourth-order valence-corrected chi connectivity index (χ4v) is 2.85. The molecule has 3 nitrogen and oxygen atoms in total. The lowest BCUT2D eigenvalue weighted by Gasteiger charge is -2.19. The Kier molecular flexibility index (Phi) is 3.86. The maximum Gasteiger partial charge on any atom is 0.148 e. The standard InChI is InChI=1S/C13H23N3/c1-2-11-12(15-16-13(11)14)10-8-6-4-3-5-7-9-10/h10H,2-9H2,1H3,(H3,14,15,16). The van der Waals surface area contributed by atoms with Crippen molar-refractivity contribution in [3.8, 4) is 0 Å². The van der Waals surface area contributed by atoms with Crippen LogP contribution < -0.4 is 5.73 Å². The van der Waals surface area contributed by atoms with Gasteiger partial charge >= 0.3 is 0 Å². The molecule has 1 aromatic rings. The van der Waals surface area contributed by atoms with Gasteiger partial charge in [-0.3, -0.25) is 5.10 Å². The van der Waals surface area contributed by atoms with Crippen molar-refractivity contribution < 1.29 is 0 Å². The van der Waals surface area contributed by atoms with E-state index >= 15 is 0 Å². The minimum absolute atomic E-state index is 0.667. The molecule has 16 heavy (non-hydrogen) atoms. The predicted molar refractivity (Wildman–Crippen MR) is 67.4 cm³/mol. The monoisotopic (exact) mass is 221 g/mol. The summed E-state index contributed by atoms with van der Waals surface area (Å²) in [6.07, 6.45) is 10.5. The quantitative estimate of drug-likeness (QED) is 0.804. The molecule has 0 aliphatic heterocycles. The summed E-state index contributed by atoms with van der Waals surface area (Å²) >= 11 is 0. The summed E-state index contributed by atoms with van der Waals surface area (Å²) < 4.78 is 0. The van der Waals surface area contributed by atoms with Gasteiger partial charge in [0.05, 0.1) is 0 Å². The van der Waals surface area contributed by atoms with Crippen molar-refractivity contribution in [2.24, 2.45) is 0 Å². The van der Waals surface area contributed by atoms with Gasteiger partial charge in [0.15, 0.2) is 0 Å². The highest BCUT2D eigenvalue weighted by molar-refractivity contribution is 5.43. The topological polar surface area (TPSA) is 54.7 Å². The molecular formula is C13H23N3. The van der Waals surface area contributed by atoms with Gasteiger partial charge in [0.2, 0.25) is 0 Å². The highest BCUT2D eigenvalue weighted by atomic mass is 15.2. The number of aromatic nitrogens is 2. The molecule has 1 aliphatic rings. The van der Waals surface area contributed by atoms with Crippen molar-refractivity contribution in [2.45, 2.75) is 64.2 Å². The van der Waals surface area contributed by atoms with Gasteiger partial charge in [-0.05, 0) is 19.3 Å². The van der Waals surface area contributed by atoms with E-state index < -0.39 is 0 Å². The van der Waals surface area contributed by atoms with Gasteiger partial charge in [-0.1, -0.05) is 39.0 Å². The Bertz CT molecular complexity index is 322. The van der Waals surface area contributed by atoms with Crippen molar-refractivity contribution >= 4 is 5.82 Å². The highest BCUT2D eigenvalue weighted by Gasteiger charge is 2.19. The zero-order chi connectivity index (χ0) is 11.4. The second-order valence-corrected chi connectivity index (χ2v) is 4.90. The minimum Gasteiger partial charge on any atom is -0.382 e. The van der Waals surface area contributed by atoms with Gasteiger partial charge in [-0.15, -0.1) is 0 Å². The molecule has 0 amide bonds. The van der Waals surface area contributed by atoms with E-state index in [1.54, 1.807) is 0 Å². The normalized spacial score (nSPS) is 19.3. The molecule has 0 unspecified atom stereocenters. The molecule has 0 aromatic carbocycles. The van der Waals surface area contributed by atoms with Crippen molar-refractivity contribution in [1.82, 2.24) is 10.2 Å². The number of anilines is 1. The zero-order valence-corrected chi connectivity index (χ0v) is 10.3. The van der Waals surface area contributed by atoms with Gasteiger partial charge in [-0.2, -0.15) is 5.10 Å². The molecule has 0 spiro atoms. The highest BCUT2D eigenvalue weighted by Crippen LogP contribution is 2.33. The zero-order valence-electron chi connectivity index (χ0n) is 10.3. The minimum atomic E-state index is 0.667. The van der Waals surface area contributed by atoms with Crippen LogP contribution >= 0.6 is 0 Å². The van der Waals surface area contributed by atoms with Gasteiger partial charge in [0.1, 0.15) is 5.82 Å². The van der Waals surface area contributed by atoms with E-state index in [0.29, 0.717) is 11.7 Å². The van der Waals surface area contributed by atoms with Crippen molar-refractivity contribution in [2.75, 3.05) is 5.73 Å². The Morgan fingerprint density at radius 2 is 1.81 bits per heavy atom. The van der Waals surface area contributed by atoms with Crippen molar-refractivity contribution in [3.05, 3.63) is 11.3 Å². The van der Waals surface area contributed by atoms with Crippen LogP contribution in [-0.2, 0) is 6.42 Å². The Morgan fingerprint density at radius 1 is 1.19 bits per heavy atom. The van der Waals surface area contributed by atoms with Crippen LogP contribution in [0.4, 0.5) is 5.82 Å². The molecule has 0 bridgehead atoms. The Hall–Kier alpha value is -0.990. The van der Waals surface area contributed by atoms with E-state index in [-0.39, 0.29) is 0 Å². The van der Waals surface area contributed by atoms with Gasteiger partial charge in [-0.25, -0.2) is 0 Å². The smallest absolute Gasteiger partial charge is 0.148 e. The molecule has 1 saturated carbocycles. The molecule has 1 heterocycles. The molecular weight excluding hydrogens is 198 g/mol. The van der Waals surface area contributed by atoms with Crippen LogP contribution in [0.25, 0.3) is 0 Å². The van der Waals surface area contributed by atoms with Crippen LogP contribution in [0.2, 0.25) is 0 Å². The van der Waals surface area contributed by atoms with Crippen LogP contribution in [-0.4, -0.2) is 10.2 Å². The molecule has 3 heteroatoms. The number of H-pyrrole nitrogens is 1. The number of nitrogens with one attached hydrogen (secondary N) is 1. The molecule has 0 saturated heterocycles. The van der Waals surface area contributed by atoms with Crippen LogP contribution in [0, 0.1) is 0 Å². The van der Waals surface area contributed by atoms with E-state index in [1.807, 2.05) is 0 Å². The first-order valence-electron chi connectivity index (χ1n) is 6.65. The number of rotatable bonds is 2. The summed E-state index contributed by atoms with van der Waals surface area (Å²) in [4.78, 5) is 0. The average Bonchev–Trinajstić information content (AvgIpc) is 2.59. The third kappa shape index (κ3) is 2.39. The average molecular weight is 221 g/mol. The SMILES string of the molecule is CCc1c(N)n[nH]c1C1CCCCCCC1. The van der Waals surface area contributed by atoms with Crippen LogP contribution in [0.3, 0.4) is 0 Å². The molecule has 0 radical (unpaired) electrons. The first-order valence-corrected chi connectivity index (χ1v) is 6.65. The summed E-state index contributed by atoms with van der Waals surface area (Å²) in [5.74, 6) is 1.37.